The maximum atomic E-state index is 13.5. The largest absolute Gasteiger partial charge is 0.494 e. The van der Waals surface area contributed by atoms with Gasteiger partial charge in [0.25, 0.3) is 21.8 Å². The Hall–Kier alpha value is -3.45. The smallest absolute Gasteiger partial charge is 0.276 e. The van der Waals surface area contributed by atoms with Crippen molar-refractivity contribution in [1.29, 1.82) is 0 Å². The van der Waals surface area contributed by atoms with Gasteiger partial charge in [-0.2, -0.15) is 5.10 Å². The SMILES string of the molecule is CCOc1ccc(S(=O)(=O)N(CC(=O)N/N=C2\C(=O)Nc3ccc(I)cc32)c2ccccc2)cc1. The summed E-state index contributed by atoms with van der Waals surface area (Å²) in [6.07, 6.45) is 0. The predicted octanol–water partition coefficient (Wildman–Crippen LogP) is 3.36. The van der Waals surface area contributed by atoms with Crippen LogP contribution in [0.15, 0.2) is 82.8 Å². The molecule has 1 aliphatic heterocycles. The van der Waals surface area contributed by atoms with Crippen molar-refractivity contribution in [2.45, 2.75) is 11.8 Å². The average Bonchev–Trinajstić information content (AvgIpc) is 3.16. The molecule has 0 radical (unpaired) electrons. The van der Waals surface area contributed by atoms with E-state index in [-0.39, 0.29) is 10.6 Å². The molecule has 1 aliphatic rings. The number of hydrogen-bond donors (Lipinski definition) is 2. The number of para-hydroxylation sites is 1. The summed E-state index contributed by atoms with van der Waals surface area (Å²) in [4.78, 5) is 25.1. The lowest BCUT2D eigenvalue weighted by atomic mass is 10.1. The Kier molecular flexibility index (Phi) is 7.36. The summed E-state index contributed by atoms with van der Waals surface area (Å²) in [5.41, 5.74) is 3.83. The summed E-state index contributed by atoms with van der Waals surface area (Å²) in [7, 11) is -4.10. The van der Waals surface area contributed by atoms with Gasteiger partial charge in [-0.05, 0) is 84.1 Å². The summed E-state index contributed by atoms with van der Waals surface area (Å²) < 4.78 is 34.2. The molecule has 1 heterocycles. The first-order valence-corrected chi connectivity index (χ1v) is 13.1. The van der Waals surface area contributed by atoms with Crippen molar-refractivity contribution < 1.29 is 22.7 Å². The van der Waals surface area contributed by atoms with Crippen molar-refractivity contribution in [3.05, 3.63) is 81.9 Å². The number of sulfonamides is 1. The molecule has 0 bridgehead atoms. The number of hydrazone groups is 1. The van der Waals surface area contributed by atoms with Gasteiger partial charge >= 0.3 is 0 Å². The van der Waals surface area contributed by atoms with Crippen LogP contribution in [0.1, 0.15) is 12.5 Å². The number of halogens is 1. The number of nitrogens with one attached hydrogen (secondary N) is 2. The maximum absolute atomic E-state index is 13.5. The third-order valence-electron chi connectivity index (χ3n) is 5.05. The fraction of sp³-hybridized carbons (Fsp3) is 0.125. The van der Waals surface area contributed by atoms with Crippen LogP contribution in [0.4, 0.5) is 11.4 Å². The molecule has 4 rings (SSSR count). The first-order chi connectivity index (χ1) is 16.8. The Bertz CT molecular complexity index is 1390. The highest BCUT2D eigenvalue weighted by Gasteiger charge is 2.29. The van der Waals surface area contributed by atoms with Gasteiger partial charge in [-0.1, -0.05) is 18.2 Å². The van der Waals surface area contributed by atoms with Crippen LogP contribution in [0.3, 0.4) is 0 Å². The summed E-state index contributed by atoms with van der Waals surface area (Å²) >= 11 is 2.11. The van der Waals surface area contributed by atoms with Crippen LogP contribution in [-0.2, 0) is 19.6 Å². The van der Waals surface area contributed by atoms with Crippen molar-refractivity contribution in [1.82, 2.24) is 5.43 Å². The van der Waals surface area contributed by atoms with Gasteiger partial charge in [-0.25, -0.2) is 13.8 Å². The second kappa shape index (κ2) is 10.4. The Morgan fingerprint density at radius 2 is 1.80 bits per heavy atom. The summed E-state index contributed by atoms with van der Waals surface area (Å²) in [6, 6.07) is 19.6. The molecule has 0 spiro atoms. The molecule has 0 aliphatic carbocycles. The highest BCUT2D eigenvalue weighted by Crippen LogP contribution is 2.26. The molecule has 0 fully saturated rings. The van der Waals surface area contributed by atoms with Gasteiger partial charge < -0.3 is 10.1 Å². The van der Waals surface area contributed by atoms with E-state index < -0.39 is 28.4 Å². The molecule has 35 heavy (non-hydrogen) atoms. The van der Waals surface area contributed by atoms with Crippen molar-refractivity contribution >= 4 is 61.5 Å². The molecule has 3 aromatic rings. The zero-order chi connectivity index (χ0) is 25.0. The normalized spacial score (nSPS) is 13.8. The van der Waals surface area contributed by atoms with Gasteiger partial charge in [-0.15, -0.1) is 0 Å². The quantitative estimate of drug-likeness (QED) is 0.302. The standard InChI is InChI=1S/C24H21IN4O5S/c1-2-34-18-9-11-19(12-10-18)35(32,33)29(17-6-4-3-5-7-17)15-22(30)27-28-23-20-14-16(25)8-13-21(20)26-24(23)31/h3-14H,2,15H2,1H3,(H,27,30)(H,26,28,31). The van der Waals surface area contributed by atoms with Gasteiger partial charge in [0.1, 0.15) is 12.3 Å². The topological polar surface area (TPSA) is 117 Å². The van der Waals surface area contributed by atoms with E-state index in [1.807, 2.05) is 13.0 Å². The molecule has 0 saturated carbocycles. The van der Waals surface area contributed by atoms with Crippen LogP contribution in [0.5, 0.6) is 5.75 Å². The van der Waals surface area contributed by atoms with E-state index in [1.165, 1.54) is 12.1 Å². The van der Waals surface area contributed by atoms with Gasteiger partial charge in [0, 0.05) is 9.13 Å². The number of ether oxygens (including phenoxy) is 1. The number of amides is 2. The zero-order valence-electron chi connectivity index (χ0n) is 18.6. The minimum absolute atomic E-state index is 0.00240. The molecule has 2 N–H and O–H groups in total. The summed E-state index contributed by atoms with van der Waals surface area (Å²) in [5.74, 6) is -0.622. The number of fused-ring (bicyclic) bond motifs is 1. The number of carbonyl (C=O) groups is 2. The predicted molar refractivity (Wildman–Crippen MR) is 141 cm³/mol. The van der Waals surface area contributed by atoms with Gasteiger partial charge in [-0.3, -0.25) is 13.9 Å². The Labute approximate surface area is 216 Å². The van der Waals surface area contributed by atoms with Crippen LogP contribution in [0.2, 0.25) is 0 Å². The third-order valence-corrected chi connectivity index (χ3v) is 7.51. The van der Waals surface area contributed by atoms with Crippen molar-refractivity contribution in [2.24, 2.45) is 5.10 Å². The first-order valence-electron chi connectivity index (χ1n) is 10.6. The second-order valence-corrected chi connectivity index (χ2v) is 10.5. The van der Waals surface area contributed by atoms with E-state index >= 15 is 0 Å². The number of nitrogens with zero attached hydrogens (tertiary/aromatic N) is 2. The summed E-state index contributed by atoms with van der Waals surface area (Å²) in [5, 5.41) is 6.67. The lowest BCUT2D eigenvalue weighted by Gasteiger charge is -2.23. The highest BCUT2D eigenvalue weighted by molar-refractivity contribution is 14.1. The third kappa shape index (κ3) is 5.46. The minimum Gasteiger partial charge on any atom is -0.494 e. The van der Waals surface area contributed by atoms with Crippen molar-refractivity contribution in [3.8, 4) is 5.75 Å². The highest BCUT2D eigenvalue weighted by atomic mass is 127. The monoisotopic (exact) mass is 604 g/mol. The lowest BCUT2D eigenvalue weighted by molar-refractivity contribution is -0.119. The van der Waals surface area contributed by atoms with Gasteiger partial charge in [0.15, 0.2) is 5.71 Å². The maximum Gasteiger partial charge on any atom is 0.276 e. The second-order valence-electron chi connectivity index (χ2n) is 7.39. The van der Waals surface area contributed by atoms with E-state index in [2.05, 4.69) is 38.4 Å². The molecule has 2 amide bonds. The first kappa shape index (κ1) is 24.7. The molecular formula is C24H21IN4O5S. The van der Waals surface area contributed by atoms with Crippen LogP contribution < -0.4 is 19.8 Å². The number of rotatable bonds is 8. The Morgan fingerprint density at radius 3 is 2.49 bits per heavy atom. The van der Waals surface area contributed by atoms with E-state index in [1.54, 1.807) is 54.6 Å². The molecule has 180 valence electrons. The molecule has 9 nitrogen and oxygen atoms in total. The molecular weight excluding hydrogens is 583 g/mol. The number of anilines is 2. The summed E-state index contributed by atoms with van der Waals surface area (Å²) in [6.45, 7) is 1.74. The fourth-order valence-corrected chi connectivity index (χ4v) is 5.34. The fourth-order valence-electron chi connectivity index (χ4n) is 3.43. The van der Waals surface area contributed by atoms with Gasteiger partial charge in [0.2, 0.25) is 0 Å². The zero-order valence-corrected chi connectivity index (χ0v) is 21.5. The molecule has 0 unspecified atom stereocenters. The Balaban J connectivity index is 1.59. The van der Waals surface area contributed by atoms with E-state index in [9.17, 15) is 18.0 Å². The van der Waals surface area contributed by atoms with Crippen LogP contribution >= 0.6 is 22.6 Å². The number of benzene rings is 3. The van der Waals surface area contributed by atoms with E-state index in [0.717, 1.165) is 7.88 Å². The van der Waals surface area contributed by atoms with Crippen LogP contribution in [0, 0.1) is 3.57 Å². The van der Waals surface area contributed by atoms with E-state index in [0.29, 0.717) is 29.3 Å². The molecule has 3 aromatic carbocycles. The average molecular weight is 604 g/mol. The van der Waals surface area contributed by atoms with Crippen molar-refractivity contribution in [2.75, 3.05) is 22.8 Å². The molecule has 0 aromatic heterocycles. The molecule has 11 heteroatoms. The Morgan fingerprint density at radius 1 is 1.09 bits per heavy atom. The van der Waals surface area contributed by atoms with Crippen LogP contribution in [-0.4, -0.2) is 39.1 Å². The lowest BCUT2D eigenvalue weighted by Crippen LogP contribution is -2.40. The van der Waals surface area contributed by atoms with Gasteiger partial charge in [0.05, 0.1) is 22.9 Å². The minimum atomic E-state index is -4.10. The number of carbonyl (C=O) groups excluding carboxylic acids is 2. The van der Waals surface area contributed by atoms with Crippen molar-refractivity contribution in [3.63, 3.8) is 0 Å². The molecule has 0 atom stereocenters. The molecule has 0 saturated heterocycles. The van der Waals surface area contributed by atoms with E-state index in [4.69, 9.17) is 4.74 Å². The van der Waals surface area contributed by atoms with Crippen LogP contribution in [0.25, 0.3) is 0 Å². The number of hydrogen-bond acceptors (Lipinski definition) is 6.